The van der Waals surface area contributed by atoms with Gasteiger partial charge in [0.1, 0.15) is 42.0 Å². The number of nitrogens with one attached hydrogen (secondary N) is 8. The fraction of sp³-hybridized carbons (Fsp3) is 0.538. The van der Waals surface area contributed by atoms with Gasteiger partial charge in [0.05, 0.1) is 26.1 Å². The minimum atomic E-state index is -1.81. The predicted molar refractivity (Wildman–Crippen MR) is 226 cm³/mol. The van der Waals surface area contributed by atoms with Crippen LogP contribution in [0, 0.1) is 5.92 Å². The lowest BCUT2D eigenvalue weighted by Gasteiger charge is -2.30. The van der Waals surface area contributed by atoms with E-state index in [2.05, 4.69) is 42.5 Å². The van der Waals surface area contributed by atoms with Gasteiger partial charge in [-0.25, -0.2) is 0 Å². The van der Waals surface area contributed by atoms with Crippen LogP contribution in [0.2, 0.25) is 0 Å². The lowest BCUT2D eigenvalue weighted by Crippen LogP contribution is -2.62. The van der Waals surface area contributed by atoms with Gasteiger partial charge in [-0.3, -0.25) is 57.5 Å². The van der Waals surface area contributed by atoms with Crippen molar-refractivity contribution in [3.63, 3.8) is 0 Å². The molecule has 7 atom stereocenters. The van der Waals surface area contributed by atoms with Crippen molar-refractivity contribution in [1.29, 1.82) is 0 Å². The first-order valence-electron chi connectivity index (χ1n) is 20.5. The highest BCUT2D eigenvalue weighted by Crippen LogP contribution is 2.14. The fourth-order valence-electron chi connectivity index (χ4n) is 6.23. The van der Waals surface area contributed by atoms with Gasteiger partial charge >= 0.3 is 0 Å². The zero-order valence-electron chi connectivity index (χ0n) is 36.2. The summed E-state index contributed by atoms with van der Waals surface area (Å²) in [6.45, 7) is 0.835. The second kappa shape index (κ2) is 26.3. The Hall–Kier alpha value is -7.38. The summed E-state index contributed by atoms with van der Waals surface area (Å²) in [5.74, 6) is -12.0. The lowest BCUT2D eigenvalue weighted by molar-refractivity contribution is -0.140. The average molecular weight is 918 g/mol. The molecule has 0 saturated carbocycles. The second-order valence-electron chi connectivity index (χ2n) is 15.4. The molecule has 1 aromatic carbocycles. The van der Waals surface area contributed by atoms with E-state index in [0.717, 1.165) is 11.9 Å². The maximum absolute atomic E-state index is 13.9. The number of phenolic OH excluding ortho intramolecular Hbond substituents is 1. The summed E-state index contributed by atoms with van der Waals surface area (Å²) in [6.07, 6.45) is -2.17. The van der Waals surface area contributed by atoms with Gasteiger partial charge in [0.25, 0.3) is 0 Å². The molecule has 358 valence electrons. The molecule has 1 saturated heterocycles. The van der Waals surface area contributed by atoms with Crippen LogP contribution < -0.4 is 65.5 Å². The van der Waals surface area contributed by atoms with Crippen LogP contribution in [0.25, 0.3) is 0 Å². The molecule has 0 aromatic heterocycles. The van der Waals surface area contributed by atoms with Crippen molar-refractivity contribution in [3.8, 4) is 5.75 Å². The molecular formula is C39H59N13O13. The summed E-state index contributed by atoms with van der Waals surface area (Å²) in [7, 11) is 1.13. The van der Waals surface area contributed by atoms with Crippen LogP contribution in [0.5, 0.6) is 5.75 Å². The van der Waals surface area contributed by atoms with Crippen LogP contribution in [0.15, 0.2) is 24.3 Å². The van der Waals surface area contributed by atoms with Crippen molar-refractivity contribution >= 4 is 70.9 Å². The number of likely N-dealkylation sites (N-methyl/N-ethyl adjacent to an activating group) is 1. The van der Waals surface area contributed by atoms with Gasteiger partial charge in [-0.1, -0.05) is 32.4 Å². The van der Waals surface area contributed by atoms with Crippen molar-refractivity contribution in [2.45, 2.75) is 95.0 Å². The SMILES string of the molecule is CC[C@H](C)[C@@H]1NC(=O)[C@H](Cc2ccc(O)cc2)NC(=O)CNC[C@@H](C(=O)N(C)CC(=O)N[C@@H](CCC(N)=O)C(=O)NCC(N)=O)NC(=O)[C@H](CC(N)=O)NC(=O)[C@H](CCC(N)=O)NC1=O. The molecule has 26 heteroatoms. The van der Waals surface area contributed by atoms with Gasteiger partial charge in [0.15, 0.2) is 0 Å². The molecule has 0 unspecified atom stereocenters. The number of benzene rings is 1. The third-order valence-corrected chi connectivity index (χ3v) is 9.95. The largest absolute Gasteiger partial charge is 0.508 e. The molecule has 17 N–H and O–H groups in total. The molecule has 1 fully saturated rings. The number of phenols is 1. The zero-order valence-corrected chi connectivity index (χ0v) is 36.2. The number of carbonyl (C=O) groups is 12. The topological polar surface area (TPSA) is 429 Å². The Labute approximate surface area is 373 Å². The molecule has 65 heavy (non-hydrogen) atoms. The second-order valence-corrected chi connectivity index (χ2v) is 15.4. The van der Waals surface area contributed by atoms with E-state index >= 15 is 0 Å². The van der Waals surface area contributed by atoms with Gasteiger partial charge in [-0.05, 0) is 36.5 Å². The number of aromatic hydroxyl groups is 1. The smallest absolute Gasteiger partial charge is 0.246 e. The van der Waals surface area contributed by atoms with Gasteiger partial charge in [0.2, 0.25) is 70.9 Å². The quantitative estimate of drug-likeness (QED) is 0.0614. The van der Waals surface area contributed by atoms with Crippen molar-refractivity contribution in [3.05, 3.63) is 29.8 Å². The Kier molecular flexibility index (Phi) is 21.7. The van der Waals surface area contributed by atoms with Crippen LogP contribution in [-0.4, -0.2) is 150 Å². The van der Waals surface area contributed by atoms with E-state index in [4.69, 9.17) is 22.9 Å². The molecule has 26 nitrogen and oxygen atoms in total. The molecule has 0 spiro atoms. The van der Waals surface area contributed by atoms with Gasteiger partial charge in [-0.2, -0.15) is 0 Å². The minimum absolute atomic E-state index is 0.0724. The van der Waals surface area contributed by atoms with Crippen LogP contribution in [0.1, 0.15) is 57.9 Å². The van der Waals surface area contributed by atoms with E-state index in [0.29, 0.717) is 12.0 Å². The van der Waals surface area contributed by atoms with Crippen molar-refractivity contribution < 1.29 is 62.6 Å². The van der Waals surface area contributed by atoms with Crippen LogP contribution in [-0.2, 0) is 64.0 Å². The van der Waals surface area contributed by atoms with E-state index in [1.807, 2.05) is 0 Å². The molecule has 0 aliphatic carbocycles. The summed E-state index contributed by atoms with van der Waals surface area (Å²) in [5.41, 5.74) is 21.5. The molecule has 1 heterocycles. The van der Waals surface area contributed by atoms with Crippen LogP contribution in [0.4, 0.5) is 0 Å². The fourth-order valence-corrected chi connectivity index (χ4v) is 6.23. The van der Waals surface area contributed by atoms with E-state index in [9.17, 15) is 62.6 Å². The highest BCUT2D eigenvalue weighted by molar-refractivity contribution is 5.99. The Morgan fingerprint density at radius 1 is 0.769 bits per heavy atom. The first-order chi connectivity index (χ1) is 30.5. The number of amides is 12. The summed E-state index contributed by atoms with van der Waals surface area (Å²) < 4.78 is 0. The number of primary amides is 4. The number of carbonyl (C=O) groups excluding carboxylic acids is 12. The Morgan fingerprint density at radius 2 is 1.37 bits per heavy atom. The monoisotopic (exact) mass is 917 g/mol. The van der Waals surface area contributed by atoms with E-state index in [1.165, 1.54) is 24.3 Å². The Morgan fingerprint density at radius 3 is 1.95 bits per heavy atom. The standard InChI is InChI=1S/C39H59N13O13/c1-4-19(2)33-38(64)48-23(10-12-28(41)55)35(61)49-25(14-29(42)56)36(62)50-26(15-44-17-31(58)47-24(37(63)51-33)13-20-5-7-21(53)8-6-20)39(65)52(3)18-32(59)46-22(9-11-27(40)54)34(60)45-16-30(43)57/h5-8,19,22-26,33,44,53H,4,9-18H2,1-3H3,(H2,40,54)(H2,41,55)(H2,42,56)(H2,43,57)(H,45,60)(H,46,59)(H,47,58)(H,48,64)(H,49,61)(H,50,62)(H,51,63)/t19-,22-,23-,24-,25-,26-,33-/m0/s1. The molecule has 2 rings (SSSR count). The number of rotatable bonds is 19. The third kappa shape index (κ3) is 19.3. The molecule has 1 aliphatic rings. The molecule has 12 amide bonds. The Balaban J connectivity index is 2.57. The minimum Gasteiger partial charge on any atom is -0.508 e. The number of nitrogens with two attached hydrogens (primary N) is 4. The highest BCUT2D eigenvalue weighted by Gasteiger charge is 2.36. The van der Waals surface area contributed by atoms with Crippen molar-refractivity contribution in [1.82, 2.24) is 47.4 Å². The van der Waals surface area contributed by atoms with Gasteiger partial charge in [0, 0.05) is 32.9 Å². The average Bonchev–Trinajstić information content (AvgIpc) is 3.23. The summed E-state index contributed by atoms with van der Waals surface area (Å²) >= 11 is 0. The van der Waals surface area contributed by atoms with Crippen molar-refractivity contribution in [2.24, 2.45) is 28.9 Å². The predicted octanol–water partition coefficient (Wildman–Crippen LogP) is -7.04. The van der Waals surface area contributed by atoms with E-state index in [-0.39, 0.29) is 25.0 Å². The zero-order chi connectivity index (χ0) is 49.0. The van der Waals surface area contributed by atoms with E-state index < -0.39 is 158 Å². The molecule has 1 aliphatic heterocycles. The maximum atomic E-state index is 13.9. The normalized spacial score (nSPS) is 20.9. The van der Waals surface area contributed by atoms with Gasteiger partial charge < -0.3 is 75.5 Å². The lowest BCUT2D eigenvalue weighted by atomic mass is 9.96. The number of hydrogen-bond acceptors (Lipinski definition) is 14. The molecule has 0 bridgehead atoms. The molecule has 0 radical (unpaired) electrons. The first kappa shape index (κ1) is 53.8. The van der Waals surface area contributed by atoms with Crippen LogP contribution >= 0.6 is 0 Å². The third-order valence-electron chi connectivity index (χ3n) is 9.95. The van der Waals surface area contributed by atoms with Crippen LogP contribution in [0.3, 0.4) is 0 Å². The number of hydrogen-bond donors (Lipinski definition) is 13. The first-order valence-corrected chi connectivity index (χ1v) is 20.5. The van der Waals surface area contributed by atoms with Gasteiger partial charge in [-0.15, -0.1) is 0 Å². The maximum Gasteiger partial charge on any atom is 0.246 e. The Bertz CT molecular complexity index is 1950. The summed E-state index contributed by atoms with van der Waals surface area (Å²) in [5, 5.41) is 29.3. The molecular weight excluding hydrogens is 859 g/mol. The van der Waals surface area contributed by atoms with Crippen molar-refractivity contribution in [2.75, 3.05) is 33.2 Å². The highest BCUT2D eigenvalue weighted by atomic mass is 16.3. The summed E-state index contributed by atoms with van der Waals surface area (Å²) in [4.78, 5) is 156. The van der Waals surface area contributed by atoms with E-state index in [1.54, 1.807) is 13.8 Å². The molecule has 1 aromatic rings. The summed E-state index contributed by atoms with van der Waals surface area (Å²) in [6, 6.07) is -3.44. The number of nitrogens with zero attached hydrogens (tertiary/aromatic N) is 1.